The van der Waals surface area contributed by atoms with Crippen molar-refractivity contribution in [1.82, 2.24) is 15.1 Å². The van der Waals surface area contributed by atoms with Crippen LogP contribution >= 0.6 is 0 Å². The van der Waals surface area contributed by atoms with Gasteiger partial charge in [-0.3, -0.25) is 14.4 Å². The molecule has 1 fully saturated rings. The molecular weight excluding hydrogens is 384 g/mol. The van der Waals surface area contributed by atoms with E-state index in [1.807, 2.05) is 24.0 Å². The van der Waals surface area contributed by atoms with Crippen molar-refractivity contribution in [3.8, 4) is 0 Å². The van der Waals surface area contributed by atoms with Gasteiger partial charge in [-0.15, -0.1) is 0 Å². The summed E-state index contributed by atoms with van der Waals surface area (Å²) in [5.74, 6) is -0.166. The lowest BCUT2D eigenvalue weighted by atomic mass is 10.0. The van der Waals surface area contributed by atoms with E-state index in [4.69, 9.17) is 0 Å². The zero-order valence-electron chi connectivity index (χ0n) is 17.7. The van der Waals surface area contributed by atoms with E-state index >= 15 is 0 Å². The van der Waals surface area contributed by atoms with Crippen molar-refractivity contribution in [3.05, 3.63) is 29.3 Å². The van der Waals surface area contributed by atoms with E-state index in [1.165, 1.54) is 0 Å². The number of hydrogen-bond acceptors (Lipinski definition) is 5. The van der Waals surface area contributed by atoms with Gasteiger partial charge in [-0.25, -0.2) is 0 Å². The van der Waals surface area contributed by atoms with Gasteiger partial charge in [0.15, 0.2) is 0 Å². The highest BCUT2D eigenvalue weighted by atomic mass is 16.3. The van der Waals surface area contributed by atoms with Crippen LogP contribution in [-0.4, -0.2) is 71.5 Å². The second-order valence-corrected chi connectivity index (χ2v) is 7.92. The third-order valence-electron chi connectivity index (χ3n) is 5.91. The highest BCUT2D eigenvalue weighted by Gasteiger charge is 2.27. The third kappa shape index (κ3) is 5.50. The summed E-state index contributed by atoms with van der Waals surface area (Å²) in [5, 5.41) is 15.3. The van der Waals surface area contributed by atoms with E-state index in [2.05, 4.69) is 16.7 Å². The minimum atomic E-state index is -0.168. The summed E-state index contributed by atoms with van der Waals surface area (Å²) >= 11 is 0. The molecule has 2 heterocycles. The summed E-state index contributed by atoms with van der Waals surface area (Å²) in [5.41, 5.74) is 3.12. The number of rotatable bonds is 7. The molecule has 0 radical (unpaired) electrons. The standard InChI is InChI=1S/C22H32N4O4/c1-2-25-14-17-12-16(5-7-19(17)23-10-9-21(25)29)6-8-20(28)24-13-22(30)26-11-3-4-18(26)15-27/h5,7,12,18,23,27H,2-4,6,8-11,13-15H2,1H3,(H,24,28)/t18-/m0/s1. The van der Waals surface area contributed by atoms with E-state index in [0.717, 1.165) is 29.7 Å². The Bertz CT molecular complexity index is 782. The first kappa shape index (κ1) is 22.1. The Kier molecular flexibility index (Phi) is 7.68. The van der Waals surface area contributed by atoms with Crippen LogP contribution in [0.1, 0.15) is 43.7 Å². The number of anilines is 1. The number of likely N-dealkylation sites (tertiary alicyclic amines) is 1. The number of aliphatic hydroxyl groups is 1. The van der Waals surface area contributed by atoms with E-state index in [0.29, 0.717) is 45.4 Å². The Morgan fingerprint density at radius 2 is 2.17 bits per heavy atom. The molecule has 2 aliphatic rings. The highest BCUT2D eigenvalue weighted by Crippen LogP contribution is 2.23. The van der Waals surface area contributed by atoms with Crippen LogP contribution in [0, 0.1) is 0 Å². The molecule has 1 saturated heterocycles. The molecule has 8 nitrogen and oxygen atoms in total. The molecule has 0 saturated carbocycles. The van der Waals surface area contributed by atoms with Crippen LogP contribution in [0.2, 0.25) is 0 Å². The van der Waals surface area contributed by atoms with Gasteiger partial charge in [-0.2, -0.15) is 0 Å². The van der Waals surface area contributed by atoms with Crippen molar-refractivity contribution >= 4 is 23.4 Å². The quantitative estimate of drug-likeness (QED) is 0.613. The Morgan fingerprint density at radius 1 is 1.33 bits per heavy atom. The van der Waals surface area contributed by atoms with E-state index in [1.54, 1.807) is 4.90 Å². The van der Waals surface area contributed by atoms with Crippen molar-refractivity contribution in [2.24, 2.45) is 0 Å². The topological polar surface area (TPSA) is 102 Å². The molecule has 0 unspecified atom stereocenters. The molecule has 3 amide bonds. The molecule has 3 rings (SSSR count). The van der Waals surface area contributed by atoms with Gasteiger partial charge >= 0.3 is 0 Å². The van der Waals surface area contributed by atoms with E-state index in [-0.39, 0.29) is 36.9 Å². The largest absolute Gasteiger partial charge is 0.394 e. The second-order valence-electron chi connectivity index (χ2n) is 7.92. The molecule has 1 aromatic rings. The number of hydrogen-bond donors (Lipinski definition) is 3. The van der Waals surface area contributed by atoms with Gasteiger partial charge in [-0.05, 0) is 43.4 Å². The second kappa shape index (κ2) is 10.4. The monoisotopic (exact) mass is 416 g/mol. The van der Waals surface area contributed by atoms with Crippen LogP contribution in [0.5, 0.6) is 0 Å². The molecule has 0 aromatic heterocycles. The number of nitrogens with one attached hydrogen (secondary N) is 2. The fraction of sp³-hybridized carbons (Fsp3) is 0.591. The molecule has 0 spiro atoms. The van der Waals surface area contributed by atoms with Crippen molar-refractivity contribution in [2.45, 2.75) is 51.6 Å². The van der Waals surface area contributed by atoms with Crippen LogP contribution in [-0.2, 0) is 27.3 Å². The van der Waals surface area contributed by atoms with Gasteiger partial charge in [0, 0.05) is 44.7 Å². The Hall–Kier alpha value is -2.61. The fourth-order valence-electron chi connectivity index (χ4n) is 4.13. The summed E-state index contributed by atoms with van der Waals surface area (Å²) in [6.07, 6.45) is 3.05. The number of benzene rings is 1. The number of aliphatic hydroxyl groups excluding tert-OH is 1. The molecule has 2 aliphatic heterocycles. The van der Waals surface area contributed by atoms with Crippen molar-refractivity contribution < 1.29 is 19.5 Å². The summed E-state index contributed by atoms with van der Waals surface area (Å²) in [6, 6.07) is 5.94. The molecule has 8 heteroatoms. The molecule has 0 aliphatic carbocycles. The number of aryl methyl sites for hydroxylation is 1. The molecule has 30 heavy (non-hydrogen) atoms. The maximum absolute atomic E-state index is 12.3. The Balaban J connectivity index is 1.51. The average molecular weight is 417 g/mol. The first-order chi connectivity index (χ1) is 14.5. The third-order valence-corrected chi connectivity index (χ3v) is 5.91. The minimum absolute atomic E-state index is 0.0307. The number of fused-ring (bicyclic) bond motifs is 1. The SMILES string of the molecule is CCN1Cc2cc(CCC(=O)NCC(=O)N3CCC[C@H]3CO)ccc2NCCC1=O. The normalized spacial score (nSPS) is 19.0. The van der Waals surface area contributed by atoms with Gasteiger partial charge in [0.25, 0.3) is 0 Å². The van der Waals surface area contributed by atoms with E-state index in [9.17, 15) is 19.5 Å². The van der Waals surface area contributed by atoms with E-state index < -0.39 is 0 Å². The Labute approximate surface area is 177 Å². The van der Waals surface area contributed by atoms with Gasteiger partial charge in [0.2, 0.25) is 17.7 Å². The number of nitrogens with zero attached hydrogens (tertiary/aromatic N) is 2. The fourth-order valence-corrected chi connectivity index (χ4v) is 4.13. The van der Waals surface area contributed by atoms with Crippen LogP contribution in [0.3, 0.4) is 0 Å². The van der Waals surface area contributed by atoms with Crippen molar-refractivity contribution in [3.63, 3.8) is 0 Å². The highest BCUT2D eigenvalue weighted by molar-refractivity contribution is 5.85. The lowest BCUT2D eigenvalue weighted by Gasteiger charge is -2.26. The molecule has 1 atom stereocenters. The first-order valence-corrected chi connectivity index (χ1v) is 10.8. The Morgan fingerprint density at radius 3 is 2.93 bits per heavy atom. The average Bonchev–Trinajstić information content (AvgIpc) is 3.23. The molecule has 1 aromatic carbocycles. The lowest BCUT2D eigenvalue weighted by Crippen LogP contribution is -2.43. The maximum Gasteiger partial charge on any atom is 0.242 e. The molecule has 3 N–H and O–H groups in total. The summed E-state index contributed by atoms with van der Waals surface area (Å²) in [6.45, 7) is 4.41. The predicted octanol–water partition coefficient (Wildman–Crippen LogP) is 0.883. The van der Waals surface area contributed by atoms with Gasteiger partial charge in [-0.1, -0.05) is 12.1 Å². The first-order valence-electron chi connectivity index (χ1n) is 10.8. The molecule has 164 valence electrons. The number of carbonyl (C=O) groups is 3. The van der Waals surface area contributed by atoms with Gasteiger partial charge < -0.3 is 25.5 Å². The zero-order valence-corrected chi connectivity index (χ0v) is 17.7. The lowest BCUT2D eigenvalue weighted by molar-refractivity contribution is -0.134. The van der Waals surface area contributed by atoms with Crippen LogP contribution in [0.15, 0.2) is 18.2 Å². The van der Waals surface area contributed by atoms with Crippen LogP contribution < -0.4 is 10.6 Å². The number of carbonyl (C=O) groups excluding carboxylic acids is 3. The molecule has 0 bridgehead atoms. The van der Waals surface area contributed by atoms with Gasteiger partial charge in [0.05, 0.1) is 19.2 Å². The molecular formula is C22H32N4O4. The zero-order chi connectivity index (χ0) is 21.5. The van der Waals surface area contributed by atoms with Crippen LogP contribution in [0.25, 0.3) is 0 Å². The number of amides is 3. The summed E-state index contributed by atoms with van der Waals surface area (Å²) < 4.78 is 0. The van der Waals surface area contributed by atoms with Crippen LogP contribution in [0.4, 0.5) is 5.69 Å². The van der Waals surface area contributed by atoms with Crippen molar-refractivity contribution in [1.29, 1.82) is 0 Å². The predicted molar refractivity (Wildman–Crippen MR) is 114 cm³/mol. The summed E-state index contributed by atoms with van der Waals surface area (Å²) in [4.78, 5) is 40.1. The smallest absolute Gasteiger partial charge is 0.242 e. The van der Waals surface area contributed by atoms with Crippen molar-refractivity contribution in [2.75, 3.05) is 38.1 Å². The maximum atomic E-state index is 12.3. The minimum Gasteiger partial charge on any atom is -0.394 e. The van der Waals surface area contributed by atoms with Gasteiger partial charge in [0.1, 0.15) is 0 Å². The summed E-state index contributed by atoms with van der Waals surface area (Å²) in [7, 11) is 0.